The predicted octanol–water partition coefficient (Wildman–Crippen LogP) is 2.97. The van der Waals surface area contributed by atoms with E-state index in [0.717, 1.165) is 10.0 Å². The highest BCUT2D eigenvalue weighted by molar-refractivity contribution is 9.10. The molecule has 0 atom stereocenters. The second kappa shape index (κ2) is 6.43. The summed E-state index contributed by atoms with van der Waals surface area (Å²) in [5, 5.41) is 2.84. The van der Waals surface area contributed by atoms with Gasteiger partial charge in [0.15, 0.2) is 0 Å². The molecular formula is C15H15BrN2O2. The fourth-order valence-corrected chi connectivity index (χ4v) is 2.33. The van der Waals surface area contributed by atoms with E-state index in [1.165, 1.54) is 7.11 Å². The van der Waals surface area contributed by atoms with E-state index < -0.39 is 0 Å². The van der Waals surface area contributed by atoms with Gasteiger partial charge in [-0.3, -0.25) is 4.79 Å². The monoisotopic (exact) mass is 334 g/mol. The van der Waals surface area contributed by atoms with Crippen molar-refractivity contribution in [3.8, 4) is 5.75 Å². The van der Waals surface area contributed by atoms with Crippen LogP contribution in [-0.4, -0.2) is 13.0 Å². The van der Waals surface area contributed by atoms with Gasteiger partial charge in [0.1, 0.15) is 11.3 Å². The van der Waals surface area contributed by atoms with E-state index in [0.29, 0.717) is 23.5 Å². The molecule has 0 heterocycles. The molecule has 0 radical (unpaired) electrons. The topological polar surface area (TPSA) is 64.3 Å². The number of amides is 1. The average molecular weight is 335 g/mol. The molecule has 5 heteroatoms. The Morgan fingerprint density at radius 3 is 2.75 bits per heavy atom. The van der Waals surface area contributed by atoms with Crippen LogP contribution in [0.15, 0.2) is 46.9 Å². The summed E-state index contributed by atoms with van der Waals surface area (Å²) in [6.45, 7) is 0.426. The van der Waals surface area contributed by atoms with E-state index in [4.69, 9.17) is 10.5 Å². The van der Waals surface area contributed by atoms with Crippen LogP contribution in [0.4, 0.5) is 5.69 Å². The number of hydrogen-bond acceptors (Lipinski definition) is 3. The molecule has 4 nitrogen and oxygen atoms in total. The van der Waals surface area contributed by atoms with Crippen molar-refractivity contribution in [3.63, 3.8) is 0 Å². The Hall–Kier alpha value is -2.01. The van der Waals surface area contributed by atoms with E-state index in [1.54, 1.807) is 18.2 Å². The fraction of sp³-hybridized carbons (Fsp3) is 0.133. The Kier molecular flexibility index (Phi) is 4.63. The van der Waals surface area contributed by atoms with Crippen molar-refractivity contribution >= 4 is 27.5 Å². The highest BCUT2D eigenvalue weighted by Gasteiger charge is 2.15. The number of benzene rings is 2. The van der Waals surface area contributed by atoms with Crippen LogP contribution < -0.4 is 15.8 Å². The van der Waals surface area contributed by atoms with Crippen molar-refractivity contribution in [2.45, 2.75) is 6.54 Å². The molecule has 0 saturated carbocycles. The standard InChI is InChI=1S/C15H15BrN2O2/c1-20-13-7-3-6-12(17)14(13)15(19)18-9-10-4-2-5-11(16)8-10/h2-8H,9,17H2,1H3,(H,18,19). The van der Waals surface area contributed by atoms with Crippen LogP contribution in [0, 0.1) is 0 Å². The molecule has 104 valence electrons. The largest absolute Gasteiger partial charge is 0.496 e. The van der Waals surface area contributed by atoms with Crippen molar-refractivity contribution in [3.05, 3.63) is 58.1 Å². The van der Waals surface area contributed by atoms with E-state index in [9.17, 15) is 4.79 Å². The summed E-state index contributed by atoms with van der Waals surface area (Å²) in [6.07, 6.45) is 0. The number of carbonyl (C=O) groups excluding carboxylic acids is 1. The van der Waals surface area contributed by atoms with E-state index >= 15 is 0 Å². The maximum Gasteiger partial charge on any atom is 0.257 e. The smallest absolute Gasteiger partial charge is 0.257 e. The van der Waals surface area contributed by atoms with E-state index in [2.05, 4.69) is 21.2 Å². The number of nitrogen functional groups attached to an aromatic ring is 1. The number of ether oxygens (including phenoxy) is 1. The maximum atomic E-state index is 12.2. The molecule has 0 aromatic heterocycles. The summed E-state index contributed by atoms with van der Waals surface area (Å²) in [5.74, 6) is 0.219. The number of halogens is 1. The number of hydrogen-bond donors (Lipinski definition) is 2. The molecule has 0 unspecified atom stereocenters. The first-order valence-electron chi connectivity index (χ1n) is 6.07. The fourth-order valence-electron chi connectivity index (χ4n) is 1.88. The summed E-state index contributed by atoms with van der Waals surface area (Å²) in [4.78, 5) is 12.2. The second-order valence-corrected chi connectivity index (χ2v) is 5.15. The van der Waals surface area contributed by atoms with Crippen LogP contribution in [0.5, 0.6) is 5.75 Å². The van der Waals surface area contributed by atoms with Crippen LogP contribution in [0.3, 0.4) is 0 Å². The molecular weight excluding hydrogens is 320 g/mol. The highest BCUT2D eigenvalue weighted by atomic mass is 79.9. The summed E-state index contributed by atoms with van der Waals surface area (Å²) < 4.78 is 6.14. The first-order valence-corrected chi connectivity index (χ1v) is 6.86. The van der Waals surface area contributed by atoms with E-state index in [-0.39, 0.29) is 5.91 Å². The van der Waals surface area contributed by atoms with Crippen LogP contribution in [0.1, 0.15) is 15.9 Å². The van der Waals surface area contributed by atoms with Gasteiger partial charge in [-0.1, -0.05) is 34.1 Å². The van der Waals surface area contributed by atoms with Gasteiger partial charge in [0.2, 0.25) is 0 Å². The number of rotatable bonds is 4. The molecule has 0 aliphatic carbocycles. The lowest BCUT2D eigenvalue weighted by Gasteiger charge is -2.11. The molecule has 0 fully saturated rings. The lowest BCUT2D eigenvalue weighted by atomic mass is 10.1. The lowest BCUT2D eigenvalue weighted by Crippen LogP contribution is -2.24. The Morgan fingerprint density at radius 2 is 2.05 bits per heavy atom. The minimum absolute atomic E-state index is 0.250. The van der Waals surface area contributed by atoms with Gasteiger partial charge in [0.25, 0.3) is 5.91 Å². The SMILES string of the molecule is COc1cccc(N)c1C(=O)NCc1cccc(Br)c1. The summed E-state index contributed by atoms with van der Waals surface area (Å²) >= 11 is 3.40. The first kappa shape index (κ1) is 14.4. The van der Waals surface area contributed by atoms with Gasteiger partial charge in [0.05, 0.1) is 7.11 Å². The Labute approximate surface area is 126 Å². The number of carbonyl (C=O) groups is 1. The molecule has 0 saturated heterocycles. The normalized spacial score (nSPS) is 10.1. The Bertz CT molecular complexity index is 629. The van der Waals surface area contributed by atoms with Crippen LogP contribution in [-0.2, 0) is 6.54 Å². The van der Waals surface area contributed by atoms with Crippen molar-refractivity contribution in [2.24, 2.45) is 0 Å². The van der Waals surface area contributed by atoms with Crippen LogP contribution >= 0.6 is 15.9 Å². The van der Waals surface area contributed by atoms with Gasteiger partial charge in [-0.2, -0.15) is 0 Å². The third-order valence-electron chi connectivity index (χ3n) is 2.85. The third kappa shape index (κ3) is 3.30. The molecule has 2 aromatic rings. The molecule has 20 heavy (non-hydrogen) atoms. The first-order chi connectivity index (χ1) is 9.61. The zero-order valence-electron chi connectivity index (χ0n) is 11.0. The van der Waals surface area contributed by atoms with Gasteiger partial charge in [0, 0.05) is 16.7 Å². The molecule has 0 bridgehead atoms. The van der Waals surface area contributed by atoms with Crippen molar-refractivity contribution < 1.29 is 9.53 Å². The van der Waals surface area contributed by atoms with Crippen molar-refractivity contribution in [2.75, 3.05) is 12.8 Å². The quantitative estimate of drug-likeness (QED) is 0.845. The van der Waals surface area contributed by atoms with Gasteiger partial charge in [-0.15, -0.1) is 0 Å². The zero-order chi connectivity index (χ0) is 14.5. The molecule has 1 amide bonds. The molecule has 0 aliphatic rings. The third-order valence-corrected chi connectivity index (χ3v) is 3.34. The summed E-state index contributed by atoms with van der Waals surface area (Å²) in [5.41, 5.74) is 7.61. The van der Waals surface area contributed by atoms with Gasteiger partial charge in [-0.25, -0.2) is 0 Å². The summed E-state index contributed by atoms with van der Waals surface area (Å²) in [6, 6.07) is 12.9. The van der Waals surface area contributed by atoms with Crippen molar-refractivity contribution in [1.29, 1.82) is 0 Å². The molecule has 0 aliphatic heterocycles. The predicted molar refractivity (Wildman–Crippen MR) is 82.7 cm³/mol. The van der Waals surface area contributed by atoms with Gasteiger partial charge < -0.3 is 15.8 Å². The lowest BCUT2D eigenvalue weighted by molar-refractivity contribution is 0.0949. The number of nitrogens with two attached hydrogens (primary N) is 1. The van der Waals surface area contributed by atoms with Crippen molar-refractivity contribution in [1.82, 2.24) is 5.32 Å². The number of methoxy groups -OCH3 is 1. The Balaban J connectivity index is 2.13. The van der Waals surface area contributed by atoms with Crippen LogP contribution in [0.25, 0.3) is 0 Å². The van der Waals surface area contributed by atoms with Gasteiger partial charge >= 0.3 is 0 Å². The molecule has 0 spiro atoms. The maximum absolute atomic E-state index is 12.2. The Morgan fingerprint density at radius 1 is 1.30 bits per heavy atom. The highest BCUT2D eigenvalue weighted by Crippen LogP contribution is 2.24. The molecule has 2 aromatic carbocycles. The number of nitrogens with one attached hydrogen (secondary N) is 1. The molecule has 3 N–H and O–H groups in total. The second-order valence-electron chi connectivity index (χ2n) is 4.24. The zero-order valence-corrected chi connectivity index (χ0v) is 12.6. The average Bonchev–Trinajstić information content (AvgIpc) is 2.44. The minimum Gasteiger partial charge on any atom is -0.496 e. The van der Waals surface area contributed by atoms with Gasteiger partial charge in [-0.05, 0) is 29.8 Å². The summed E-state index contributed by atoms with van der Waals surface area (Å²) in [7, 11) is 1.51. The minimum atomic E-state index is -0.250. The van der Waals surface area contributed by atoms with Crippen LogP contribution in [0.2, 0.25) is 0 Å². The van der Waals surface area contributed by atoms with E-state index in [1.807, 2.05) is 24.3 Å². The number of anilines is 1. The molecule has 2 rings (SSSR count).